The maximum Gasteiger partial charge on any atom is 0.263 e. The molecule has 2 aromatic carbocycles. The average Bonchev–Trinajstić information content (AvgIpc) is 3.13. The monoisotopic (exact) mass is 340 g/mol. The predicted molar refractivity (Wildman–Crippen MR) is 94.7 cm³/mol. The third-order valence-electron chi connectivity index (χ3n) is 3.35. The lowest BCUT2D eigenvalue weighted by atomic mass is 10.0. The molecule has 0 radical (unpaired) electrons. The van der Waals surface area contributed by atoms with E-state index < -0.39 is 0 Å². The van der Waals surface area contributed by atoms with Crippen molar-refractivity contribution < 1.29 is 14.3 Å². The zero-order valence-corrected chi connectivity index (χ0v) is 13.7. The standard InChI is InChI=1S/C18H16N2O3S/c21-16(20-18-19-10-11-24-18)12-23-15-8-6-14(7-9-15)17(22)13-4-2-1-3-5-13/h1-9H,10-12H2,(H,19,20,21). The van der Waals surface area contributed by atoms with Gasteiger partial charge < -0.3 is 10.1 Å². The molecule has 0 atom stereocenters. The molecule has 1 aliphatic heterocycles. The Bertz CT molecular complexity index is 758. The number of hydrogen-bond donors (Lipinski definition) is 1. The lowest BCUT2D eigenvalue weighted by molar-refractivity contribution is -0.121. The van der Waals surface area contributed by atoms with E-state index in [9.17, 15) is 9.59 Å². The summed E-state index contributed by atoms with van der Waals surface area (Å²) in [5.41, 5.74) is 1.22. The van der Waals surface area contributed by atoms with Crippen LogP contribution >= 0.6 is 11.8 Å². The summed E-state index contributed by atoms with van der Waals surface area (Å²) in [5.74, 6) is 1.15. The van der Waals surface area contributed by atoms with Gasteiger partial charge in [0.2, 0.25) is 0 Å². The minimum Gasteiger partial charge on any atom is -0.484 e. The van der Waals surface area contributed by atoms with Gasteiger partial charge in [0.25, 0.3) is 5.91 Å². The fraction of sp³-hybridized carbons (Fsp3) is 0.167. The number of nitrogens with zero attached hydrogens (tertiary/aromatic N) is 1. The summed E-state index contributed by atoms with van der Waals surface area (Å²) in [4.78, 5) is 28.2. The molecular formula is C18H16N2O3S. The fourth-order valence-corrected chi connectivity index (χ4v) is 2.92. The van der Waals surface area contributed by atoms with Crippen LogP contribution in [0.4, 0.5) is 0 Å². The molecule has 3 rings (SSSR count). The van der Waals surface area contributed by atoms with E-state index in [1.54, 1.807) is 36.4 Å². The smallest absolute Gasteiger partial charge is 0.263 e. The molecule has 1 amide bonds. The van der Waals surface area contributed by atoms with E-state index in [4.69, 9.17) is 4.74 Å². The van der Waals surface area contributed by atoms with Gasteiger partial charge in [0.15, 0.2) is 17.6 Å². The summed E-state index contributed by atoms with van der Waals surface area (Å²) in [6, 6.07) is 15.8. The molecule has 0 fully saturated rings. The highest BCUT2D eigenvalue weighted by Crippen LogP contribution is 2.15. The topological polar surface area (TPSA) is 67.8 Å². The molecule has 2 aromatic rings. The first-order valence-electron chi connectivity index (χ1n) is 7.52. The summed E-state index contributed by atoms with van der Waals surface area (Å²) < 4.78 is 5.43. The second kappa shape index (κ2) is 7.79. The van der Waals surface area contributed by atoms with Crippen LogP contribution in [0.1, 0.15) is 15.9 Å². The molecule has 1 heterocycles. The van der Waals surface area contributed by atoms with Gasteiger partial charge in [0, 0.05) is 16.9 Å². The summed E-state index contributed by atoms with van der Waals surface area (Å²) in [6.45, 7) is 0.642. The zero-order chi connectivity index (χ0) is 16.8. The maximum absolute atomic E-state index is 12.3. The molecule has 6 heteroatoms. The average molecular weight is 340 g/mol. The molecule has 0 bridgehead atoms. The van der Waals surface area contributed by atoms with Gasteiger partial charge in [-0.2, -0.15) is 0 Å². The number of ketones is 1. The number of thioether (sulfide) groups is 1. The van der Waals surface area contributed by atoms with Gasteiger partial charge in [-0.05, 0) is 24.3 Å². The van der Waals surface area contributed by atoms with Crippen molar-refractivity contribution in [2.45, 2.75) is 0 Å². The number of carbonyl (C=O) groups excluding carboxylic acids is 2. The Labute approximate surface area is 144 Å². The van der Waals surface area contributed by atoms with Crippen LogP contribution in [0.5, 0.6) is 5.75 Å². The van der Waals surface area contributed by atoms with Crippen LogP contribution in [0.15, 0.2) is 59.6 Å². The lowest BCUT2D eigenvalue weighted by Crippen LogP contribution is -2.32. The largest absolute Gasteiger partial charge is 0.484 e. The third kappa shape index (κ3) is 4.23. The van der Waals surface area contributed by atoms with Crippen LogP contribution in [0.2, 0.25) is 0 Å². The molecule has 0 aliphatic carbocycles. The normalized spacial score (nSPS) is 13.2. The van der Waals surface area contributed by atoms with E-state index in [2.05, 4.69) is 10.3 Å². The first kappa shape index (κ1) is 16.3. The predicted octanol–water partition coefficient (Wildman–Crippen LogP) is 2.52. The minimum atomic E-state index is -0.243. The minimum absolute atomic E-state index is 0.0452. The SMILES string of the molecule is O=C(COc1ccc(C(=O)c2ccccc2)cc1)NC1=NCCS1. The van der Waals surface area contributed by atoms with Crippen molar-refractivity contribution in [2.24, 2.45) is 4.99 Å². The van der Waals surface area contributed by atoms with Crippen LogP contribution in [-0.2, 0) is 4.79 Å². The number of ether oxygens (including phenoxy) is 1. The molecule has 0 spiro atoms. The van der Waals surface area contributed by atoms with Crippen LogP contribution in [-0.4, -0.2) is 35.8 Å². The maximum atomic E-state index is 12.3. The molecule has 1 aliphatic rings. The number of hydrogen-bond acceptors (Lipinski definition) is 5. The number of amidine groups is 1. The second-order valence-electron chi connectivity index (χ2n) is 5.09. The Morgan fingerprint density at radius 3 is 2.42 bits per heavy atom. The van der Waals surface area contributed by atoms with Crippen LogP contribution in [0, 0.1) is 0 Å². The summed E-state index contributed by atoms with van der Waals surface area (Å²) in [7, 11) is 0. The van der Waals surface area contributed by atoms with Gasteiger partial charge in [-0.25, -0.2) is 0 Å². The van der Waals surface area contributed by atoms with Gasteiger partial charge in [0.05, 0.1) is 6.54 Å². The summed E-state index contributed by atoms with van der Waals surface area (Å²) in [5, 5.41) is 3.34. The highest BCUT2D eigenvalue weighted by Gasteiger charge is 2.12. The molecule has 0 saturated heterocycles. The Morgan fingerprint density at radius 1 is 1.04 bits per heavy atom. The van der Waals surface area contributed by atoms with Crippen molar-refractivity contribution in [3.8, 4) is 5.75 Å². The van der Waals surface area contributed by atoms with Gasteiger partial charge >= 0.3 is 0 Å². The zero-order valence-electron chi connectivity index (χ0n) is 12.9. The molecule has 122 valence electrons. The van der Waals surface area contributed by atoms with Crippen molar-refractivity contribution in [3.63, 3.8) is 0 Å². The number of carbonyl (C=O) groups is 2. The van der Waals surface area contributed by atoms with Crippen molar-refractivity contribution in [3.05, 3.63) is 65.7 Å². The van der Waals surface area contributed by atoms with E-state index in [-0.39, 0.29) is 18.3 Å². The first-order chi connectivity index (χ1) is 11.7. The quantitative estimate of drug-likeness (QED) is 0.849. The Kier molecular flexibility index (Phi) is 5.28. The van der Waals surface area contributed by atoms with Crippen LogP contribution < -0.4 is 10.1 Å². The molecule has 1 N–H and O–H groups in total. The first-order valence-corrected chi connectivity index (χ1v) is 8.50. The Morgan fingerprint density at radius 2 is 1.75 bits per heavy atom. The summed E-state index contributed by atoms with van der Waals surface area (Å²) >= 11 is 1.52. The van der Waals surface area contributed by atoms with Crippen LogP contribution in [0.3, 0.4) is 0 Å². The molecular weight excluding hydrogens is 324 g/mol. The van der Waals surface area contributed by atoms with Crippen molar-refractivity contribution in [1.82, 2.24) is 5.32 Å². The van der Waals surface area contributed by atoms with Crippen molar-refractivity contribution in [1.29, 1.82) is 0 Å². The van der Waals surface area contributed by atoms with Crippen molar-refractivity contribution >= 4 is 28.6 Å². The van der Waals surface area contributed by atoms with Crippen LogP contribution in [0.25, 0.3) is 0 Å². The third-order valence-corrected chi connectivity index (χ3v) is 4.25. The molecule has 0 aromatic heterocycles. The number of benzene rings is 2. The number of amides is 1. The van der Waals surface area contributed by atoms with Gasteiger partial charge in [0.1, 0.15) is 5.75 Å². The molecule has 5 nitrogen and oxygen atoms in total. The van der Waals surface area contributed by atoms with E-state index in [0.29, 0.717) is 22.0 Å². The van der Waals surface area contributed by atoms with Crippen molar-refractivity contribution in [2.75, 3.05) is 18.9 Å². The molecule has 24 heavy (non-hydrogen) atoms. The second-order valence-corrected chi connectivity index (χ2v) is 6.18. The molecule has 0 unspecified atom stereocenters. The van der Waals surface area contributed by atoms with E-state index in [0.717, 1.165) is 12.3 Å². The van der Waals surface area contributed by atoms with Gasteiger partial charge in [-0.15, -0.1) is 0 Å². The highest BCUT2D eigenvalue weighted by atomic mass is 32.2. The van der Waals surface area contributed by atoms with Gasteiger partial charge in [-0.3, -0.25) is 14.6 Å². The Balaban J connectivity index is 1.54. The lowest BCUT2D eigenvalue weighted by Gasteiger charge is -2.07. The van der Waals surface area contributed by atoms with E-state index >= 15 is 0 Å². The number of rotatable bonds is 5. The van der Waals surface area contributed by atoms with Gasteiger partial charge in [-0.1, -0.05) is 42.1 Å². The van der Waals surface area contributed by atoms with E-state index in [1.807, 2.05) is 18.2 Å². The highest BCUT2D eigenvalue weighted by molar-refractivity contribution is 8.14. The Hall–Kier alpha value is -2.60. The number of nitrogens with one attached hydrogen (secondary N) is 1. The fourth-order valence-electron chi connectivity index (χ4n) is 2.17. The molecule has 0 saturated carbocycles. The summed E-state index contributed by atoms with van der Waals surface area (Å²) in [6.07, 6.45) is 0. The van der Waals surface area contributed by atoms with E-state index in [1.165, 1.54) is 11.8 Å². The number of aliphatic imine (C=N–C) groups is 1.